The molecule has 0 aliphatic rings. The Morgan fingerprint density at radius 1 is 1.20 bits per heavy atom. The van der Waals surface area contributed by atoms with Crippen LogP contribution in [0.1, 0.15) is 23.9 Å². The SMILES string of the molecule is CCc1nc2ccc(C(F)(F)F)c(-c3cc(C)c4[nH]ncc4c3)n2n1. The van der Waals surface area contributed by atoms with Gasteiger partial charge in [-0.1, -0.05) is 6.92 Å². The number of halogens is 3. The highest BCUT2D eigenvalue weighted by Gasteiger charge is 2.35. The quantitative estimate of drug-likeness (QED) is 0.593. The van der Waals surface area contributed by atoms with Crippen molar-refractivity contribution in [1.82, 2.24) is 24.8 Å². The summed E-state index contributed by atoms with van der Waals surface area (Å²) in [6.07, 6.45) is -2.36. The van der Waals surface area contributed by atoms with Crippen LogP contribution in [0, 0.1) is 6.92 Å². The van der Waals surface area contributed by atoms with Gasteiger partial charge in [-0.05, 0) is 36.8 Å². The van der Waals surface area contributed by atoms with Crippen LogP contribution >= 0.6 is 0 Å². The second kappa shape index (κ2) is 5.30. The number of H-pyrrole nitrogens is 1. The van der Waals surface area contributed by atoms with Crippen molar-refractivity contribution in [1.29, 1.82) is 0 Å². The van der Waals surface area contributed by atoms with Crippen molar-refractivity contribution in [3.05, 3.63) is 47.4 Å². The van der Waals surface area contributed by atoms with Gasteiger partial charge in [-0.15, -0.1) is 0 Å². The van der Waals surface area contributed by atoms with Crippen molar-refractivity contribution in [2.24, 2.45) is 0 Å². The summed E-state index contributed by atoms with van der Waals surface area (Å²) in [5, 5.41) is 11.8. The van der Waals surface area contributed by atoms with Crippen LogP contribution in [-0.2, 0) is 12.6 Å². The van der Waals surface area contributed by atoms with Gasteiger partial charge < -0.3 is 0 Å². The Kier molecular flexibility index (Phi) is 3.31. The van der Waals surface area contributed by atoms with Crippen molar-refractivity contribution in [2.45, 2.75) is 26.4 Å². The Morgan fingerprint density at radius 3 is 2.72 bits per heavy atom. The normalized spacial score (nSPS) is 12.4. The van der Waals surface area contributed by atoms with E-state index in [9.17, 15) is 13.2 Å². The molecule has 0 saturated heterocycles. The number of rotatable bonds is 2. The fourth-order valence-corrected chi connectivity index (χ4v) is 3.02. The van der Waals surface area contributed by atoms with E-state index < -0.39 is 11.7 Å². The third-order valence-corrected chi connectivity index (χ3v) is 4.18. The molecule has 0 bridgehead atoms. The van der Waals surface area contributed by atoms with Gasteiger partial charge in [0.25, 0.3) is 0 Å². The lowest BCUT2D eigenvalue weighted by Crippen LogP contribution is -2.11. The molecule has 3 aromatic heterocycles. The van der Waals surface area contributed by atoms with Crippen LogP contribution in [-0.4, -0.2) is 24.8 Å². The summed E-state index contributed by atoms with van der Waals surface area (Å²) in [4.78, 5) is 4.28. The molecule has 3 heterocycles. The molecule has 128 valence electrons. The lowest BCUT2D eigenvalue weighted by molar-refractivity contribution is -0.137. The smallest absolute Gasteiger partial charge is 0.278 e. The zero-order chi connectivity index (χ0) is 17.8. The van der Waals surface area contributed by atoms with Gasteiger partial charge in [0.2, 0.25) is 0 Å². The van der Waals surface area contributed by atoms with E-state index in [1.54, 1.807) is 18.3 Å². The number of aromatic amines is 1. The second-order valence-corrected chi connectivity index (χ2v) is 5.87. The van der Waals surface area contributed by atoms with Crippen LogP contribution in [0.15, 0.2) is 30.5 Å². The fraction of sp³-hybridized carbons (Fsp3) is 0.235. The Bertz CT molecular complexity index is 1090. The molecule has 0 aliphatic carbocycles. The Morgan fingerprint density at radius 2 is 2.00 bits per heavy atom. The average Bonchev–Trinajstić information content (AvgIpc) is 3.18. The topological polar surface area (TPSA) is 58.9 Å². The van der Waals surface area contributed by atoms with E-state index in [0.717, 1.165) is 22.5 Å². The van der Waals surface area contributed by atoms with Crippen molar-refractivity contribution in [2.75, 3.05) is 0 Å². The van der Waals surface area contributed by atoms with Crippen molar-refractivity contribution >= 4 is 16.6 Å². The van der Waals surface area contributed by atoms with Gasteiger partial charge in [-0.3, -0.25) is 5.10 Å². The maximum Gasteiger partial charge on any atom is 0.418 e. The van der Waals surface area contributed by atoms with E-state index in [0.29, 0.717) is 23.5 Å². The van der Waals surface area contributed by atoms with Crippen LogP contribution in [0.5, 0.6) is 0 Å². The molecule has 0 aliphatic heterocycles. The van der Waals surface area contributed by atoms with Gasteiger partial charge in [0.05, 0.1) is 23.0 Å². The number of hydrogen-bond donors (Lipinski definition) is 1. The van der Waals surface area contributed by atoms with E-state index in [-0.39, 0.29) is 5.69 Å². The first-order chi connectivity index (χ1) is 11.9. The maximum atomic E-state index is 13.6. The zero-order valence-corrected chi connectivity index (χ0v) is 13.5. The molecule has 0 fully saturated rings. The predicted molar refractivity (Wildman–Crippen MR) is 87.2 cm³/mol. The Balaban J connectivity index is 2.10. The summed E-state index contributed by atoms with van der Waals surface area (Å²) in [6, 6.07) is 5.80. The lowest BCUT2D eigenvalue weighted by Gasteiger charge is -2.15. The third-order valence-electron chi connectivity index (χ3n) is 4.18. The number of pyridine rings is 1. The van der Waals surface area contributed by atoms with E-state index in [1.165, 1.54) is 10.6 Å². The number of nitrogens with zero attached hydrogens (tertiary/aromatic N) is 4. The minimum Gasteiger partial charge on any atom is -0.278 e. The van der Waals surface area contributed by atoms with Crippen molar-refractivity contribution in [3.63, 3.8) is 0 Å². The maximum absolute atomic E-state index is 13.6. The molecule has 4 rings (SSSR count). The first-order valence-electron chi connectivity index (χ1n) is 7.78. The van der Waals surface area contributed by atoms with Crippen LogP contribution in [0.4, 0.5) is 13.2 Å². The van der Waals surface area contributed by atoms with Gasteiger partial charge in [0.1, 0.15) is 0 Å². The number of fused-ring (bicyclic) bond motifs is 2. The average molecular weight is 345 g/mol. The number of benzene rings is 1. The first-order valence-corrected chi connectivity index (χ1v) is 7.78. The summed E-state index contributed by atoms with van der Waals surface area (Å²) >= 11 is 0. The number of aryl methyl sites for hydroxylation is 2. The predicted octanol–water partition coefficient (Wildman–Crippen LogP) is 4.16. The molecule has 0 unspecified atom stereocenters. The van der Waals surface area contributed by atoms with Gasteiger partial charge in [-0.25, -0.2) is 9.50 Å². The van der Waals surface area contributed by atoms with Crippen LogP contribution in [0.2, 0.25) is 0 Å². The minimum absolute atomic E-state index is 0.0107. The monoisotopic (exact) mass is 345 g/mol. The number of hydrogen-bond acceptors (Lipinski definition) is 3. The molecular weight excluding hydrogens is 331 g/mol. The highest BCUT2D eigenvalue weighted by atomic mass is 19.4. The van der Waals surface area contributed by atoms with Crippen molar-refractivity contribution < 1.29 is 13.2 Å². The van der Waals surface area contributed by atoms with Crippen LogP contribution in [0.3, 0.4) is 0 Å². The lowest BCUT2D eigenvalue weighted by atomic mass is 10.0. The summed E-state index contributed by atoms with van der Waals surface area (Å²) in [5.41, 5.74) is 1.68. The highest BCUT2D eigenvalue weighted by molar-refractivity contribution is 5.87. The molecule has 0 amide bonds. The summed E-state index contributed by atoms with van der Waals surface area (Å²) in [5.74, 6) is 0.502. The van der Waals surface area contributed by atoms with Gasteiger partial charge >= 0.3 is 6.18 Å². The van der Waals surface area contributed by atoms with Gasteiger partial charge in [-0.2, -0.15) is 23.4 Å². The molecule has 0 atom stereocenters. The van der Waals surface area contributed by atoms with E-state index >= 15 is 0 Å². The zero-order valence-electron chi connectivity index (χ0n) is 13.5. The molecule has 4 aromatic rings. The fourth-order valence-electron chi connectivity index (χ4n) is 3.02. The molecule has 25 heavy (non-hydrogen) atoms. The highest BCUT2D eigenvalue weighted by Crippen LogP contribution is 2.38. The third kappa shape index (κ3) is 2.45. The molecule has 1 N–H and O–H groups in total. The summed E-state index contributed by atoms with van der Waals surface area (Å²) in [6.45, 7) is 3.69. The Hall–Kier alpha value is -2.90. The number of aromatic nitrogens is 5. The van der Waals surface area contributed by atoms with Crippen LogP contribution < -0.4 is 0 Å². The molecular formula is C17H14F3N5. The molecule has 8 heteroatoms. The molecule has 0 saturated carbocycles. The number of nitrogens with one attached hydrogen (secondary N) is 1. The first kappa shape index (κ1) is 15.6. The van der Waals surface area contributed by atoms with E-state index in [1.807, 2.05) is 13.8 Å². The molecule has 5 nitrogen and oxygen atoms in total. The molecule has 0 spiro atoms. The Labute approximate surface area is 140 Å². The largest absolute Gasteiger partial charge is 0.418 e. The summed E-state index contributed by atoms with van der Waals surface area (Å²) in [7, 11) is 0. The minimum atomic E-state index is -4.50. The second-order valence-electron chi connectivity index (χ2n) is 5.87. The van der Waals surface area contributed by atoms with E-state index in [2.05, 4.69) is 20.3 Å². The number of alkyl halides is 3. The molecule has 0 radical (unpaired) electrons. The van der Waals surface area contributed by atoms with E-state index in [4.69, 9.17) is 0 Å². The summed E-state index contributed by atoms with van der Waals surface area (Å²) < 4.78 is 42.2. The van der Waals surface area contributed by atoms with Crippen molar-refractivity contribution in [3.8, 4) is 11.3 Å². The van der Waals surface area contributed by atoms with Crippen LogP contribution in [0.25, 0.3) is 27.8 Å². The molecule has 1 aromatic carbocycles. The standard InChI is InChI=1S/C17H14F3N5/c1-3-13-22-14-5-4-12(17(18,19)20)16(25(14)24-13)10-6-9(2)15-11(7-10)8-21-23-15/h4-8H,3H2,1-2H3,(H,21,23). The van der Waals surface area contributed by atoms with Gasteiger partial charge in [0.15, 0.2) is 11.5 Å². The van der Waals surface area contributed by atoms with Gasteiger partial charge in [0, 0.05) is 17.4 Å².